The number of nitrogen functional groups attached to an aromatic ring is 1. The van der Waals surface area contributed by atoms with Crippen LogP contribution in [0, 0.1) is 12.7 Å². The van der Waals surface area contributed by atoms with Gasteiger partial charge in [0.15, 0.2) is 0 Å². The average molecular weight is 353 g/mol. The summed E-state index contributed by atoms with van der Waals surface area (Å²) in [6.45, 7) is 1.77. The summed E-state index contributed by atoms with van der Waals surface area (Å²) in [5.74, 6) is -0.929. The maximum Gasteiger partial charge on any atom is 0.340 e. The Balaban J connectivity index is 2.43. The van der Waals surface area contributed by atoms with E-state index in [-0.39, 0.29) is 5.56 Å². The molecular formula is C15H14BrFN2O2. The van der Waals surface area contributed by atoms with Gasteiger partial charge in [0.1, 0.15) is 5.82 Å². The van der Waals surface area contributed by atoms with E-state index in [1.165, 1.54) is 19.2 Å². The van der Waals surface area contributed by atoms with Gasteiger partial charge in [-0.05, 0) is 42.8 Å². The predicted octanol–water partition coefficient (Wildman–Crippen LogP) is 4.01. The van der Waals surface area contributed by atoms with Crippen molar-refractivity contribution >= 4 is 39.0 Å². The van der Waals surface area contributed by atoms with Gasteiger partial charge in [-0.3, -0.25) is 0 Å². The lowest BCUT2D eigenvalue weighted by molar-refractivity contribution is 0.0602. The smallest absolute Gasteiger partial charge is 0.340 e. The van der Waals surface area contributed by atoms with Crippen molar-refractivity contribution in [3.8, 4) is 0 Å². The Bertz CT molecular complexity index is 704. The second-order valence-electron chi connectivity index (χ2n) is 4.50. The number of anilines is 3. The Hall–Kier alpha value is -2.08. The Kier molecular flexibility index (Phi) is 4.47. The molecule has 0 bridgehead atoms. The second-order valence-corrected chi connectivity index (χ2v) is 5.41. The number of nitrogens with one attached hydrogen (secondary N) is 1. The van der Waals surface area contributed by atoms with Gasteiger partial charge in [0.25, 0.3) is 0 Å². The zero-order valence-corrected chi connectivity index (χ0v) is 13.1. The largest absolute Gasteiger partial charge is 0.465 e. The van der Waals surface area contributed by atoms with Crippen LogP contribution >= 0.6 is 15.9 Å². The van der Waals surface area contributed by atoms with Crippen molar-refractivity contribution in [2.45, 2.75) is 6.92 Å². The van der Waals surface area contributed by atoms with Crippen molar-refractivity contribution in [1.29, 1.82) is 0 Å². The lowest BCUT2D eigenvalue weighted by Gasteiger charge is -2.13. The number of ether oxygens (including phenoxy) is 1. The summed E-state index contributed by atoms with van der Waals surface area (Å²) in [6, 6.07) is 7.84. The quantitative estimate of drug-likeness (QED) is 0.647. The zero-order chi connectivity index (χ0) is 15.6. The highest BCUT2D eigenvalue weighted by atomic mass is 79.9. The van der Waals surface area contributed by atoms with Crippen LogP contribution in [-0.4, -0.2) is 13.1 Å². The van der Waals surface area contributed by atoms with Crippen LogP contribution in [0.1, 0.15) is 15.9 Å². The first-order valence-electron chi connectivity index (χ1n) is 6.13. The first kappa shape index (κ1) is 15.3. The zero-order valence-electron chi connectivity index (χ0n) is 11.5. The number of hydrogen-bond donors (Lipinski definition) is 2. The molecule has 0 aliphatic rings. The predicted molar refractivity (Wildman–Crippen MR) is 84.3 cm³/mol. The molecule has 0 heterocycles. The molecule has 110 valence electrons. The van der Waals surface area contributed by atoms with Crippen molar-refractivity contribution in [2.75, 3.05) is 18.2 Å². The molecule has 2 rings (SSSR count). The normalized spacial score (nSPS) is 10.3. The minimum absolute atomic E-state index is 0.246. The van der Waals surface area contributed by atoms with Crippen molar-refractivity contribution in [3.05, 3.63) is 51.7 Å². The van der Waals surface area contributed by atoms with E-state index in [1.54, 1.807) is 25.1 Å². The molecule has 0 aromatic heterocycles. The third kappa shape index (κ3) is 3.33. The van der Waals surface area contributed by atoms with Crippen LogP contribution < -0.4 is 11.1 Å². The third-order valence-corrected chi connectivity index (χ3v) is 3.49. The molecule has 0 unspecified atom stereocenters. The Morgan fingerprint density at radius 1 is 1.33 bits per heavy atom. The number of carbonyl (C=O) groups excluding carboxylic acids is 1. The van der Waals surface area contributed by atoms with E-state index >= 15 is 0 Å². The maximum atomic E-state index is 13.8. The van der Waals surface area contributed by atoms with Gasteiger partial charge in [-0.25, -0.2) is 9.18 Å². The number of methoxy groups -OCH3 is 1. The number of halogens is 2. The van der Waals surface area contributed by atoms with E-state index in [1.807, 2.05) is 0 Å². The monoisotopic (exact) mass is 352 g/mol. The summed E-state index contributed by atoms with van der Waals surface area (Å²) in [6.07, 6.45) is 0. The standard InChI is InChI=1S/C15H14BrFN2O2/c1-8-5-10(7-11(14(8)18)15(20)21-2)19-13-6-9(16)3-4-12(13)17/h3-7,19H,18H2,1-2H3. The van der Waals surface area contributed by atoms with Crippen LogP contribution in [0.25, 0.3) is 0 Å². The van der Waals surface area contributed by atoms with Gasteiger partial charge in [0.2, 0.25) is 0 Å². The van der Waals surface area contributed by atoms with Crippen molar-refractivity contribution < 1.29 is 13.9 Å². The molecule has 0 amide bonds. The highest BCUT2D eigenvalue weighted by Crippen LogP contribution is 2.28. The lowest BCUT2D eigenvalue weighted by Crippen LogP contribution is -2.08. The second kappa shape index (κ2) is 6.13. The fourth-order valence-electron chi connectivity index (χ4n) is 1.90. The van der Waals surface area contributed by atoms with Gasteiger partial charge in [0.05, 0.1) is 18.4 Å². The summed E-state index contributed by atoms with van der Waals surface area (Å²) >= 11 is 3.28. The first-order valence-corrected chi connectivity index (χ1v) is 6.92. The number of carbonyl (C=O) groups is 1. The van der Waals surface area contributed by atoms with E-state index in [9.17, 15) is 9.18 Å². The van der Waals surface area contributed by atoms with Gasteiger partial charge < -0.3 is 15.8 Å². The van der Waals surface area contributed by atoms with Crippen molar-refractivity contribution in [3.63, 3.8) is 0 Å². The number of esters is 1. The summed E-state index contributed by atoms with van der Waals surface area (Å²) in [5.41, 5.74) is 8.01. The van der Waals surface area contributed by atoms with Crippen LogP contribution in [0.2, 0.25) is 0 Å². The van der Waals surface area contributed by atoms with Gasteiger partial charge in [-0.15, -0.1) is 0 Å². The summed E-state index contributed by atoms with van der Waals surface area (Å²) in [4.78, 5) is 11.7. The number of aryl methyl sites for hydroxylation is 1. The van der Waals surface area contributed by atoms with Gasteiger partial charge >= 0.3 is 5.97 Å². The fraction of sp³-hybridized carbons (Fsp3) is 0.133. The lowest BCUT2D eigenvalue weighted by atomic mass is 10.1. The van der Waals surface area contributed by atoms with Crippen LogP contribution in [0.3, 0.4) is 0 Å². The van der Waals surface area contributed by atoms with Crippen molar-refractivity contribution in [1.82, 2.24) is 0 Å². The van der Waals surface area contributed by atoms with Crippen molar-refractivity contribution in [2.24, 2.45) is 0 Å². The Morgan fingerprint density at radius 2 is 2.05 bits per heavy atom. The molecule has 0 radical (unpaired) electrons. The summed E-state index contributed by atoms with van der Waals surface area (Å²) in [5, 5.41) is 2.93. The number of nitrogens with two attached hydrogens (primary N) is 1. The van der Waals surface area contributed by atoms with E-state index in [2.05, 4.69) is 21.2 Å². The highest BCUT2D eigenvalue weighted by Gasteiger charge is 2.14. The van der Waals surface area contributed by atoms with E-state index in [0.717, 1.165) is 4.47 Å². The minimum Gasteiger partial charge on any atom is -0.465 e. The molecule has 0 saturated heterocycles. The Labute approximate surface area is 130 Å². The van der Waals surface area contributed by atoms with Crippen LogP contribution in [0.5, 0.6) is 0 Å². The first-order chi connectivity index (χ1) is 9.92. The minimum atomic E-state index is -0.533. The Morgan fingerprint density at radius 3 is 2.71 bits per heavy atom. The molecule has 21 heavy (non-hydrogen) atoms. The van der Waals surface area contributed by atoms with E-state index < -0.39 is 11.8 Å². The highest BCUT2D eigenvalue weighted by molar-refractivity contribution is 9.10. The molecule has 0 spiro atoms. The number of hydrogen-bond acceptors (Lipinski definition) is 4. The molecule has 0 aliphatic heterocycles. The fourth-order valence-corrected chi connectivity index (χ4v) is 2.26. The van der Waals surface area contributed by atoms with E-state index in [0.29, 0.717) is 22.6 Å². The van der Waals surface area contributed by atoms with Crippen LogP contribution in [0.4, 0.5) is 21.5 Å². The van der Waals surface area contributed by atoms with Crippen LogP contribution in [0.15, 0.2) is 34.8 Å². The summed E-state index contributed by atoms with van der Waals surface area (Å²) < 4.78 is 19.2. The molecule has 0 aliphatic carbocycles. The molecule has 0 fully saturated rings. The average Bonchev–Trinajstić information content (AvgIpc) is 2.45. The molecule has 0 saturated carbocycles. The molecule has 3 N–H and O–H groups in total. The summed E-state index contributed by atoms with van der Waals surface area (Å²) in [7, 11) is 1.28. The SMILES string of the molecule is COC(=O)c1cc(Nc2cc(Br)ccc2F)cc(C)c1N. The molecule has 2 aromatic rings. The molecule has 4 nitrogen and oxygen atoms in total. The van der Waals surface area contributed by atoms with E-state index in [4.69, 9.17) is 10.5 Å². The molecular weight excluding hydrogens is 339 g/mol. The molecule has 2 aromatic carbocycles. The van der Waals surface area contributed by atoms with Gasteiger partial charge in [-0.1, -0.05) is 15.9 Å². The number of benzene rings is 2. The van der Waals surface area contributed by atoms with Gasteiger partial charge in [0, 0.05) is 15.8 Å². The third-order valence-electron chi connectivity index (χ3n) is 3.00. The van der Waals surface area contributed by atoms with Gasteiger partial charge in [-0.2, -0.15) is 0 Å². The topological polar surface area (TPSA) is 64.3 Å². The molecule has 0 atom stereocenters. The maximum absolute atomic E-state index is 13.8. The van der Waals surface area contributed by atoms with Crippen LogP contribution in [-0.2, 0) is 4.74 Å². The number of rotatable bonds is 3. The molecule has 6 heteroatoms.